The van der Waals surface area contributed by atoms with Crippen LogP contribution in [-0.2, 0) is 7.05 Å². The van der Waals surface area contributed by atoms with Crippen molar-refractivity contribution in [1.82, 2.24) is 15.1 Å². The molecule has 0 amide bonds. The maximum absolute atomic E-state index is 5.85. The zero-order valence-electron chi connectivity index (χ0n) is 13.2. The van der Waals surface area contributed by atoms with Crippen LogP contribution in [0.5, 0.6) is 5.75 Å². The molecule has 4 heteroatoms. The molecule has 0 aliphatic heterocycles. The zero-order chi connectivity index (χ0) is 15.1. The van der Waals surface area contributed by atoms with Crippen LogP contribution in [0.4, 0.5) is 0 Å². The van der Waals surface area contributed by atoms with Crippen LogP contribution >= 0.6 is 0 Å². The highest BCUT2D eigenvalue weighted by Crippen LogP contribution is 2.17. The average Bonchev–Trinajstić information content (AvgIpc) is 2.89. The van der Waals surface area contributed by atoms with E-state index in [1.54, 1.807) is 0 Å². The monoisotopic (exact) mass is 287 g/mol. The number of hydrogen-bond donors (Lipinski definition) is 1. The van der Waals surface area contributed by atoms with Gasteiger partial charge in [0.1, 0.15) is 5.75 Å². The predicted octanol–water partition coefficient (Wildman–Crippen LogP) is 3.24. The first-order chi connectivity index (χ1) is 10.2. The fourth-order valence-corrected chi connectivity index (χ4v) is 2.29. The highest BCUT2D eigenvalue weighted by molar-refractivity contribution is 5.27. The zero-order valence-corrected chi connectivity index (χ0v) is 13.2. The van der Waals surface area contributed by atoms with Gasteiger partial charge in [-0.05, 0) is 43.7 Å². The Kier molecular flexibility index (Phi) is 5.81. The van der Waals surface area contributed by atoms with Crippen molar-refractivity contribution >= 4 is 0 Å². The van der Waals surface area contributed by atoms with Gasteiger partial charge in [0.15, 0.2) is 0 Å². The van der Waals surface area contributed by atoms with E-state index in [0.29, 0.717) is 6.61 Å². The summed E-state index contributed by atoms with van der Waals surface area (Å²) in [5.41, 5.74) is 2.30. The molecule has 4 nitrogen and oxygen atoms in total. The standard InChI is InChI=1S/C17H25N3O/c1-4-10-18-16(17-8-11-20(3)19-17)9-12-21-15-7-5-6-14(2)13-15/h5-8,11,13,16,18H,4,9-10,12H2,1-3H3. The number of rotatable bonds is 8. The molecule has 2 aromatic rings. The molecule has 0 aliphatic carbocycles. The Morgan fingerprint density at radius 1 is 1.33 bits per heavy atom. The molecule has 21 heavy (non-hydrogen) atoms. The minimum absolute atomic E-state index is 0.246. The molecule has 1 N–H and O–H groups in total. The molecular weight excluding hydrogens is 262 g/mol. The molecule has 1 unspecified atom stereocenters. The Morgan fingerprint density at radius 3 is 2.86 bits per heavy atom. The van der Waals surface area contributed by atoms with E-state index in [4.69, 9.17) is 4.74 Å². The maximum Gasteiger partial charge on any atom is 0.119 e. The van der Waals surface area contributed by atoms with Crippen LogP contribution in [0.1, 0.15) is 37.1 Å². The van der Waals surface area contributed by atoms with Gasteiger partial charge in [0.05, 0.1) is 18.3 Å². The molecule has 1 heterocycles. The molecule has 0 bridgehead atoms. The third kappa shape index (κ3) is 4.90. The molecule has 1 aromatic carbocycles. The van der Waals surface area contributed by atoms with E-state index in [-0.39, 0.29) is 6.04 Å². The van der Waals surface area contributed by atoms with Crippen LogP contribution in [0.3, 0.4) is 0 Å². The van der Waals surface area contributed by atoms with Crippen molar-refractivity contribution in [3.05, 3.63) is 47.8 Å². The third-order valence-electron chi connectivity index (χ3n) is 3.40. The lowest BCUT2D eigenvalue weighted by atomic mass is 10.1. The Morgan fingerprint density at radius 2 is 2.19 bits per heavy atom. The van der Waals surface area contributed by atoms with E-state index in [1.807, 2.05) is 30.1 Å². The van der Waals surface area contributed by atoms with E-state index in [1.165, 1.54) is 5.56 Å². The van der Waals surface area contributed by atoms with Crippen molar-refractivity contribution in [3.8, 4) is 5.75 Å². The highest BCUT2D eigenvalue weighted by atomic mass is 16.5. The van der Waals surface area contributed by atoms with E-state index in [2.05, 4.69) is 42.5 Å². The summed E-state index contributed by atoms with van der Waals surface area (Å²) < 4.78 is 7.70. The van der Waals surface area contributed by atoms with Crippen LogP contribution in [0.15, 0.2) is 36.5 Å². The van der Waals surface area contributed by atoms with Crippen LogP contribution in [0, 0.1) is 6.92 Å². The SMILES string of the molecule is CCCNC(CCOc1cccc(C)c1)c1ccn(C)n1. The number of benzene rings is 1. The third-order valence-corrected chi connectivity index (χ3v) is 3.40. The van der Waals surface area contributed by atoms with Gasteiger partial charge in [-0.25, -0.2) is 0 Å². The van der Waals surface area contributed by atoms with Crippen molar-refractivity contribution in [2.75, 3.05) is 13.2 Å². The van der Waals surface area contributed by atoms with E-state index >= 15 is 0 Å². The van der Waals surface area contributed by atoms with E-state index in [9.17, 15) is 0 Å². The van der Waals surface area contributed by atoms with Crippen molar-refractivity contribution in [1.29, 1.82) is 0 Å². The number of aryl methyl sites for hydroxylation is 2. The predicted molar refractivity (Wildman–Crippen MR) is 85.5 cm³/mol. The van der Waals surface area contributed by atoms with Gasteiger partial charge in [0, 0.05) is 19.7 Å². The summed E-state index contributed by atoms with van der Waals surface area (Å²) in [6.45, 7) is 5.92. The fraction of sp³-hybridized carbons (Fsp3) is 0.471. The minimum atomic E-state index is 0.246. The quantitative estimate of drug-likeness (QED) is 0.810. The van der Waals surface area contributed by atoms with Crippen LogP contribution in [0.2, 0.25) is 0 Å². The number of nitrogens with zero attached hydrogens (tertiary/aromatic N) is 2. The molecule has 0 radical (unpaired) electrons. The summed E-state index contributed by atoms with van der Waals surface area (Å²) in [4.78, 5) is 0. The lowest BCUT2D eigenvalue weighted by Crippen LogP contribution is -2.24. The molecule has 114 valence electrons. The molecule has 0 saturated heterocycles. The molecule has 0 aliphatic rings. The smallest absolute Gasteiger partial charge is 0.119 e. The number of ether oxygens (including phenoxy) is 1. The van der Waals surface area contributed by atoms with Crippen LogP contribution in [0.25, 0.3) is 0 Å². The van der Waals surface area contributed by atoms with Gasteiger partial charge < -0.3 is 10.1 Å². The molecule has 2 rings (SSSR count). The summed E-state index contributed by atoms with van der Waals surface area (Å²) in [5, 5.41) is 8.04. The summed E-state index contributed by atoms with van der Waals surface area (Å²) >= 11 is 0. The first-order valence-corrected chi connectivity index (χ1v) is 7.61. The van der Waals surface area contributed by atoms with Gasteiger partial charge in [-0.1, -0.05) is 19.1 Å². The second-order valence-electron chi connectivity index (χ2n) is 5.37. The number of hydrogen-bond acceptors (Lipinski definition) is 3. The molecule has 1 aromatic heterocycles. The lowest BCUT2D eigenvalue weighted by Gasteiger charge is -2.17. The molecule has 0 saturated carbocycles. The molecule has 0 fully saturated rings. The van der Waals surface area contributed by atoms with Crippen molar-refractivity contribution in [2.45, 2.75) is 32.7 Å². The van der Waals surface area contributed by atoms with Gasteiger partial charge in [-0.15, -0.1) is 0 Å². The lowest BCUT2D eigenvalue weighted by molar-refractivity contribution is 0.284. The van der Waals surface area contributed by atoms with Gasteiger partial charge >= 0.3 is 0 Å². The van der Waals surface area contributed by atoms with Crippen molar-refractivity contribution < 1.29 is 4.74 Å². The summed E-state index contributed by atoms with van der Waals surface area (Å²) in [6, 6.07) is 10.5. The Bertz CT molecular complexity index is 550. The summed E-state index contributed by atoms with van der Waals surface area (Å²) in [6.07, 6.45) is 4.00. The van der Waals surface area contributed by atoms with Gasteiger partial charge in [0.25, 0.3) is 0 Å². The largest absolute Gasteiger partial charge is 0.494 e. The maximum atomic E-state index is 5.85. The molecular formula is C17H25N3O. The summed E-state index contributed by atoms with van der Waals surface area (Å²) in [5.74, 6) is 0.935. The average molecular weight is 287 g/mol. The van der Waals surface area contributed by atoms with Crippen molar-refractivity contribution in [3.63, 3.8) is 0 Å². The highest BCUT2D eigenvalue weighted by Gasteiger charge is 2.13. The number of nitrogens with one attached hydrogen (secondary N) is 1. The fourth-order valence-electron chi connectivity index (χ4n) is 2.29. The Hall–Kier alpha value is -1.81. The summed E-state index contributed by atoms with van der Waals surface area (Å²) in [7, 11) is 1.95. The van der Waals surface area contributed by atoms with Gasteiger partial charge in [-0.3, -0.25) is 4.68 Å². The normalized spacial score (nSPS) is 12.3. The van der Waals surface area contributed by atoms with E-state index < -0.39 is 0 Å². The molecule has 1 atom stereocenters. The topological polar surface area (TPSA) is 39.1 Å². The Labute approximate surface area is 127 Å². The second kappa shape index (κ2) is 7.84. The van der Waals surface area contributed by atoms with Crippen LogP contribution in [-0.4, -0.2) is 22.9 Å². The van der Waals surface area contributed by atoms with Gasteiger partial charge in [-0.2, -0.15) is 5.10 Å². The van der Waals surface area contributed by atoms with Crippen molar-refractivity contribution in [2.24, 2.45) is 7.05 Å². The minimum Gasteiger partial charge on any atom is -0.494 e. The number of aromatic nitrogens is 2. The van der Waals surface area contributed by atoms with E-state index in [0.717, 1.165) is 30.8 Å². The molecule has 0 spiro atoms. The second-order valence-corrected chi connectivity index (χ2v) is 5.37. The first kappa shape index (κ1) is 15.6. The van der Waals surface area contributed by atoms with Crippen LogP contribution < -0.4 is 10.1 Å². The Balaban J connectivity index is 1.89. The van der Waals surface area contributed by atoms with Gasteiger partial charge in [0.2, 0.25) is 0 Å². The first-order valence-electron chi connectivity index (χ1n) is 7.61.